The Balaban J connectivity index is 1.75. The monoisotopic (exact) mass is 374 g/mol. The summed E-state index contributed by atoms with van der Waals surface area (Å²) in [6.07, 6.45) is 4.92. The minimum atomic E-state index is -0.536. The Kier molecular flexibility index (Phi) is 5.45. The lowest BCUT2D eigenvalue weighted by molar-refractivity contribution is -0.130. The summed E-state index contributed by atoms with van der Waals surface area (Å²) in [4.78, 5) is 41.0. The zero-order chi connectivity index (χ0) is 19.8. The SMILES string of the molecule is CCCC(C)c1cc(C)c(C(=O)N2CCC3(CCC(=O)N3C)CC2)c(=O)o1. The molecular formula is C21H30N2O4. The number of aryl methyl sites for hydroxylation is 1. The number of carbonyl (C=O) groups is 2. The Hall–Kier alpha value is -2.11. The summed E-state index contributed by atoms with van der Waals surface area (Å²) >= 11 is 0. The van der Waals surface area contributed by atoms with E-state index in [1.54, 1.807) is 11.8 Å². The number of amides is 2. The highest BCUT2D eigenvalue weighted by Gasteiger charge is 2.45. The van der Waals surface area contributed by atoms with Crippen molar-refractivity contribution in [3.05, 3.63) is 33.4 Å². The molecule has 2 aliphatic heterocycles. The minimum absolute atomic E-state index is 0.118. The van der Waals surface area contributed by atoms with E-state index in [0.717, 1.165) is 32.1 Å². The lowest BCUT2D eigenvalue weighted by atomic mass is 9.85. The zero-order valence-electron chi connectivity index (χ0n) is 16.8. The molecule has 1 atom stereocenters. The van der Waals surface area contributed by atoms with Crippen LogP contribution < -0.4 is 5.63 Å². The van der Waals surface area contributed by atoms with Crippen LogP contribution in [0.25, 0.3) is 0 Å². The summed E-state index contributed by atoms with van der Waals surface area (Å²) in [6.45, 7) is 7.05. The average molecular weight is 374 g/mol. The van der Waals surface area contributed by atoms with Gasteiger partial charge in [-0.05, 0) is 44.2 Å². The maximum Gasteiger partial charge on any atom is 0.349 e. The summed E-state index contributed by atoms with van der Waals surface area (Å²) in [6, 6.07) is 1.84. The topological polar surface area (TPSA) is 70.8 Å². The van der Waals surface area contributed by atoms with Crippen LogP contribution in [0.1, 0.15) is 80.0 Å². The summed E-state index contributed by atoms with van der Waals surface area (Å²) in [5, 5.41) is 0. The third-order valence-electron chi connectivity index (χ3n) is 6.46. The van der Waals surface area contributed by atoms with Crippen molar-refractivity contribution in [2.75, 3.05) is 20.1 Å². The van der Waals surface area contributed by atoms with Gasteiger partial charge in [-0.3, -0.25) is 9.59 Å². The normalized spacial score (nSPS) is 20.4. The van der Waals surface area contributed by atoms with E-state index in [1.165, 1.54) is 0 Å². The largest absolute Gasteiger partial charge is 0.427 e. The molecule has 0 radical (unpaired) electrons. The molecule has 3 rings (SSSR count). The van der Waals surface area contributed by atoms with E-state index >= 15 is 0 Å². The predicted octanol–water partition coefficient (Wildman–Crippen LogP) is 3.08. The van der Waals surface area contributed by atoms with Crippen LogP contribution >= 0.6 is 0 Å². The van der Waals surface area contributed by atoms with Crippen molar-refractivity contribution in [1.82, 2.24) is 9.80 Å². The highest BCUT2D eigenvalue weighted by atomic mass is 16.4. The van der Waals surface area contributed by atoms with Crippen molar-refractivity contribution < 1.29 is 14.0 Å². The van der Waals surface area contributed by atoms with Crippen LogP contribution in [0.2, 0.25) is 0 Å². The molecule has 6 heteroatoms. The molecule has 1 aromatic heterocycles. The van der Waals surface area contributed by atoms with E-state index in [2.05, 4.69) is 6.92 Å². The maximum absolute atomic E-state index is 13.0. The molecule has 148 valence electrons. The van der Waals surface area contributed by atoms with Gasteiger partial charge in [0.15, 0.2) is 0 Å². The van der Waals surface area contributed by atoms with Gasteiger partial charge in [-0.2, -0.15) is 0 Å². The summed E-state index contributed by atoms with van der Waals surface area (Å²) in [7, 11) is 1.86. The fourth-order valence-electron chi connectivity index (χ4n) is 4.52. The first-order chi connectivity index (χ1) is 12.8. The summed E-state index contributed by atoms with van der Waals surface area (Å²) in [5.41, 5.74) is 0.177. The van der Waals surface area contributed by atoms with Crippen molar-refractivity contribution in [3.63, 3.8) is 0 Å². The summed E-state index contributed by atoms with van der Waals surface area (Å²) < 4.78 is 5.48. The Bertz CT molecular complexity index is 790. The van der Waals surface area contributed by atoms with Gasteiger partial charge < -0.3 is 14.2 Å². The Morgan fingerprint density at radius 3 is 2.44 bits per heavy atom. The van der Waals surface area contributed by atoms with Gasteiger partial charge in [-0.1, -0.05) is 20.3 Å². The second-order valence-corrected chi connectivity index (χ2v) is 8.15. The Morgan fingerprint density at radius 1 is 1.26 bits per heavy atom. The number of rotatable bonds is 4. The highest BCUT2D eigenvalue weighted by Crippen LogP contribution is 2.38. The quantitative estimate of drug-likeness (QED) is 0.812. The van der Waals surface area contributed by atoms with E-state index in [-0.39, 0.29) is 28.8 Å². The third-order valence-corrected chi connectivity index (χ3v) is 6.46. The highest BCUT2D eigenvalue weighted by molar-refractivity contribution is 5.95. The van der Waals surface area contributed by atoms with E-state index in [9.17, 15) is 14.4 Å². The Morgan fingerprint density at radius 2 is 1.93 bits per heavy atom. The van der Waals surface area contributed by atoms with Crippen LogP contribution in [0.15, 0.2) is 15.3 Å². The standard InChI is InChI=1S/C21H30N2O4/c1-5-6-14(2)16-13-15(3)18(20(26)27-16)19(25)23-11-9-21(10-12-23)8-7-17(24)22(21)4/h13-14H,5-12H2,1-4H3. The molecular weight excluding hydrogens is 344 g/mol. The van der Waals surface area contributed by atoms with Crippen LogP contribution in [-0.4, -0.2) is 47.3 Å². The minimum Gasteiger partial charge on any atom is -0.427 e. The van der Waals surface area contributed by atoms with Crippen LogP contribution in [-0.2, 0) is 4.79 Å². The molecule has 0 aliphatic carbocycles. The average Bonchev–Trinajstić information content (AvgIpc) is 2.90. The van der Waals surface area contributed by atoms with Crippen molar-refractivity contribution in [1.29, 1.82) is 0 Å². The van der Waals surface area contributed by atoms with Gasteiger partial charge in [0.2, 0.25) is 5.91 Å². The van der Waals surface area contributed by atoms with Crippen LogP contribution in [0.3, 0.4) is 0 Å². The van der Waals surface area contributed by atoms with Crippen molar-refractivity contribution >= 4 is 11.8 Å². The third kappa shape index (κ3) is 3.54. The van der Waals surface area contributed by atoms with Gasteiger partial charge in [0.25, 0.3) is 5.91 Å². The molecule has 1 aromatic rings. The van der Waals surface area contributed by atoms with Gasteiger partial charge in [0, 0.05) is 38.0 Å². The summed E-state index contributed by atoms with van der Waals surface area (Å²) in [5.74, 6) is 0.747. The fourth-order valence-corrected chi connectivity index (χ4v) is 4.52. The molecule has 3 heterocycles. The molecule has 0 aromatic carbocycles. The molecule has 2 aliphatic rings. The van der Waals surface area contributed by atoms with Gasteiger partial charge >= 0.3 is 5.63 Å². The smallest absolute Gasteiger partial charge is 0.349 e. The van der Waals surface area contributed by atoms with E-state index in [4.69, 9.17) is 4.42 Å². The van der Waals surface area contributed by atoms with Gasteiger partial charge in [0.05, 0.1) is 0 Å². The van der Waals surface area contributed by atoms with Crippen molar-refractivity contribution in [2.24, 2.45) is 0 Å². The Labute approximate surface area is 160 Å². The number of piperidine rings is 1. The molecule has 1 spiro atoms. The number of nitrogens with zero attached hydrogens (tertiary/aromatic N) is 2. The zero-order valence-corrected chi connectivity index (χ0v) is 16.8. The molecule has 2 amide bonds. The first-order valence-electron chi connectivity index (χ1n) is 9.99. The maximum atomic E-state index is 13.0. The lowest BCUT2D eigenvalue weighted by Gasteiger charge is -2.43. The molecule has 6 nitrogen and oxygen atoms in total. The van der Waals surface area contributed by atoms with Gasteiger partial charge in [0.1, 0.15) is 11.3 Å². The number of carbonyl (C=O) groups excluding carboxylic acids is 2. The molecule has 0 N–H and O–H groups in total. The number of hydrogen-bond acceptors (Lipinski definition) is 4. The number of likely N-dealkylation sites (tertiary alicyclic amines) is 2. The second kappa shape index (κ2) is 7.49. The van der Waals surface area contributed by atoms with Crippen LogP contribution in [0, 0.1) is 6.92 Å². The molecule has 27 heavy (non-hydrogen) atoms. The van der Waals surface area contributed by atoms with E-state index in [1.807, 2.05) is 24.9 Å². The number of hydrogen-bond donors (Lipinski definition) is 0. The lowest BCUT2D eigenvalue weighted by Crippen LogP contribution is -2.53. The van der Waals surface area contributed by atoms with Crippen LogP contribution in [0.4, 0.5) is 0 Å². The van der Waals surface area contributed by atoms with Gasteiger partial charge in [-0.25, -0.2) is 4.79 Å². The van der Waals surface area contributed by atoms with Crippen molar-refractivity contribution in [3.8, 4) is 0 Å². The predicted molar refractivity (Wildman–Crippen MR) is 103 cm³/mol. The van der Waals surface area contributed by atoms with E-state index < -0.39 is 5.63 Å². The molecule has 2 saturated heterocycles. The molecule has 0 saturated carbocycles. The van der Waals surface area contributed by atoms with Crippen LogP contribution in [0.5, 0.6) is 0 Å². The first-order valence-corrected chi connectivity index (χ1v) is 9.99. The van der Waals surface area contributed by atoms with E-state index in [0.29, 0.717) is 30.8 Å². The van der Waals surface area contributed by atoms with Gasteiger partial charge in [-0.15, -0.1) is 0 Å². The molecule has 2 fully saturated rings. The molecule has 1 unspecified atom stereocenters. The fraction of sp³-hybridized carbons (Fsp3) is 0.667. The van der Waals surface area contributed by atoms with Crippen molar-refractivity contribution in [2.45, 2.75) is 70.8 Å². The first kappa shape index (κ1) is 19.6. The second-order valence-electron chi connectivity index (χ2n) is 8.15. The molecule has 0 bridgehead atoms.